The number of nitrogens with zero attached hydrogens (tertiary/aromatic N) is 1. The van der Waals surface area contributed by atoms with Gasteiger partial charge in [0, 0.05) is 24.7 Å². The maximum absolute atomic E-state index is 3.59. The SMILES string of the molecule is C1CCC(N(C2CCCCC2)C2CCNC2)CC1. The molecule has 0 aromatic rings. The Hall–Kier alpha value is -0.0800. The topological polar surface area (TPSA) is 15.3 Å². The monoisotopic (exact) mass is 250 g/mol. The minimum atomic E-state index is 0.858. The summed E-state index contributed by atoms with van der Waals surface area (Å²) in [6.07, 6.45) is 16.2. The average Bonchev–Trinajstić information content (AvgIpc) is 2.95. The van der Waals surface area contributed by atoms with E-state index >= 15 is 0 Å². The van der Waals surface area contributed by atoms with Gasteiger partial charge in [0.1, 0.15) is 0 Å². The van der Waals surface area contributed by atoms with E-state index < -0.39 is 0 Å². The van der Waals surface area contributed by atoms with Gasteiger partial charge in [0.2, 0.25) is 0 Å². The molecule has 0 aromatic carbocycles. The number of hydrogen-bond acceptors (Lipinski definition) is 2. The van der Waals surface area contributed by atoms with Crippen molar-refractivity contribution in [3.8, 4) is 0 Å². The molecule has 0 spiro atoms. The van der Waals surface area contributed by atoms with Crippen molar-refractivity contribution in [1.82, 2.24) is 10.2 Å². The molecular formula is C16H30N2. The van der Waals surface area contributed by atoms with Gasteiger partial charge < -0.3 is 5.32 Å². The second-order valence-corrected chi connectivity index (χ2v) is 6.68. The molecule has 2 heteroatoms. The van der Waals surface area contributed by atoms with Gasteiger partial charge in [-0.15, -0.1) is 0 Å². The molecule has 0 aromatic heterocycles. The van der Waals surface area contributed by atoms with Crippen molar-refractivity contribution in [2.45, 2.75) is 88.8 Å². The van der Waals surface area contributed by atoms with E-state index in [1.54, 1.807) is 0 Å². The van der Waals surface area contributed by atoms with Gasteiger partial charge in [-0.3, -0.25) is 4.90 Å². The van der Waals surface area contributed by atoms with Crippen molar-refractivity contribution >= 4 is 0 Å². The maximum Gasteiger partial charge on any atom is 0.0238 e. The molecule has 3 rings (SSSR count). The van der Waals surface area contributed by atoms with E-state index in [4.69, 9.17) is 0 Å². The predicted molar refractivity (Wildman–Crippen MR) is 76.9 cm³/mol. The lowest BCUT2D eigenvalue weighted by Gasteiger charge is -2.45. The highest BCUT2D eigenvalue weighted by molar-refractivity contribution is 4.91. The molecule has 3 aliphatic rings. The molecule has 0 radical (unpaired) electrons. The third kappa shape index (κ3) is 2.91. The Morgan fingerprint density at radius 1 is 0.611 bits per heavy atom. The molecule has 1 heterocycles. The zero-order chi connectivity index (χ0) is 12.2. The molecule has 2 nitrogen and oxygen atoms in total. The fourth-order valence-electron chi connectivity index (χ4n) is 4.55. The molecule has 104 valence electrons. The Kier molecular flexibility index (Phi) is 4.58. The molecule has 0 amide bonds. The van der Waals surface area contributed by atoms with Crippen LogP contribution in [0.25, 0.3) is 0 Å². The highest BCUT2D eigenvalue weighted by Gasteiger charge is 2.34. The van der Waals surface area contributed by atoms with Crippen molar-refractivity contribution in [2.75, 3.05) is 13.1 Å². The zero-order valence-electron chi connectivity index (χ0n) is 11.9. The molecule has 2 saturated carbocycles. The summed E-state index contributed by atoms with van der Waals surface area (Å²) in [7, 11) is 0. The lowest BCUT2D eigenvalue weighted by molar-refractivity contribution is 0.0447. The first kappa shape index (κ1) is 12.9. The Morgan fingerprint density at radius 2 is 1.17 bits per heavy atom. The van der Waals surface area contributed by atoms with Gasteiger partial charge >= 0.3 is 0 Å². The van der Waals surface area contributed by atoms with E-state index in [2.05, 4.69) is 10.2 Å². The molecule has 2 aliphatic carbocycles. The molecular weight excluding hydrogens is 220 g/mol. The predicted octanol–water partition coefficient (Wildman–Crippen LogP) is 3.32. The molecule has 1 unspecified atom stereocenters. The van der Waals surface area contributed by atoms with Crippen molar-refractivity contribution in [3.05, 3.63) is 0 Å². The third-order valence-electron chi connectivity index (χ3n) is 5.45. The summed E-state index contributed by atoms with van der Waals surface area (Å²) in [4.78, 5) is 3.00. The highest BCUT2D eigenvalue weighted by Crippen LogP contribution is 2.32. The van der Waals surface area contributed by atoms with Crippen LogP contribution in [0.5, 0.6) is 0 Å². The Bertz CT molecular complexity index is 217. The molecule has 1 aliphatic heterocycles. The second kappa shape index (κ2) is 6.38. The van der Waals surface area contributed by atoms with Crippen molar-refractivity contribution in [2.24, 2.45) is 0 Å². The molecule has 18 heavy (non-hydrogen) atoms. The lowest BCUT2D eigenvalue weighted by Crippen LogP contribution is -2.51. The van der Waals surface area contributed by atoms with Crippen molar-refractivity contribution < 1.29 is 0 Å². The van der Waals surface area contributed by atoms with Gasteiger partial charge in [-0.1, -0.05) is 38.5 Å². The number of hydrogen-bond donors (Lipinski definition) is 1. The van der Waals surface area contributed by atoms with Gasteiger partial charge in [-0.25, -0.2) is 0 Å². The van der Waals surface area contributed by atoms with Gasteiger partial charge in [0.25, 0.3) is 0 Å². The normalized spacial score (nSPS) is 32.2. The van der Waals surface area contributed by atoms with Gasteiger partial charge in [-0.2, -0.15) is 0 Å². The van der Waals surface area contributed by atoms with Crippen LogP contribution in [0.4, 0.5) is 0 Å². The highest BCUT2D eigenvalue weighted by atomic mass is 15.2. The van der Waals surface area contributed by atoms with Gasteiger partial charge in [0.15, 0.2) is 0 Å². The zero-order valence-corrected chi connectivity index (χ0v) is 11.9. The molecule has 1 N–H and O–H groups in total. The lowest BCUT2D eigenvalue weighted by atomic mass is 9.87. The van der Waals surface area contributed by atoms with Crippen LogP contribution in [-0.4, -0.2) is 36.1 Å². The van der Waals surface area contributed by atoms with E-state index in [0.29, 0.717) is 0 Å². The molecule has 0 bridgehead atoms. The van der Waals surface area contributed by atoms with E-state index in [0.717, 1.165) is 18.1 Å². The van der Waals surface area contributed by atoms with E-state index in [1.165, 1.54) is 83.7 Å². The maximum atomic E-state index is 3.59. The van der Waals surface area contributed by atoms with Crippen molar-refractivity contribution in [3.63, 3.8) is 0 Å². The minimum Gasteiger partial charge on any atom is -0.315 e. The average molecular weight is 250 g/mol. The minimum absolute atomic E-state index is 0.858. The summed E-state index contributed by atoms with van der Waals surface area (Å²) < 4.78 is 0. The van der Waals surface area contributed by atoms with Crippen LogP contribution in [0.3, 0.4) is 0 Å². The van der Waals surface area contributed by atoms with Crippen LogP contribution < -0.4 is 5.32 Å². The number of rotatable bonds is 3. The summed E-state index contributed by atoms with van der Waals surface area (Å²) in [6.45, 7) is 2.51. The van der Waals surface area contributed by atoms with Crippen LogP contribution in [0.2, 0.25) is 0 Å². The fourth-order valence-corrected chi connectivity index (χ4v) is 4.55. The largest absolute Gasteiger partial charge is 0.315 e. The summed E-state index contributed by atoms with van der Waals surface area (Å²) >= 11 is 0. The first-order valence-electron chi connectivity index (χ1n) is 8.43. The standard InChI is InChI=1S/C16H30N2/c1-3-7-14(8-4-1)18(16-11-12-17-13-16)15-9-5-2-6-10-15/h14-17H,1-13H2. The van der Waals surface area contributed by atoms with Gasteiger partial charge in [-0.05, 0) is 38.6 Å². The van der Waals surface area contributed by atoms with Gasteiger partial charge in [0.05, 0.1) is 0 Å². The Morgan fingerprint density at radius 3 is 1.61 bits per heavy atom. The summed E-state index contributed by atoms with van der Waals surface area (Å²) in [5.74, 6) is 0. The summed E-state index contributed by atoms with van der Waals surface area (Å²) in [5, 5.41) is 3.59. The van der Waals surface area contributed by atoms with Crippen LogP contribution in [0, 0.1) is 0 Å². The summed E-state index contributed by atoms with van der Waals surface area (Å²) in [6, 6.07) is 2.70. The third-order valence-corrected chi connectivity index (χ3v) is 5.45. The first-order valence-corrected chi connectivity index (χ1v) is 8.43. The Balaban J connectivity index is 1.68. The van der Waals surface area contributed by atoms with Crippen molar-refractivity contribution in [1.29, 1.82) is 0 Å². The fraction of sp³-hybridized carbons (Fsp3) is 1.00. The Labute approximate surface area is 113 Å². The summed E-state index contributed by atoms with van der Waals surface area (Å²) in [5.41, 5.74) is 0. The first-order chi connectivity index (χ1) is 8.95. The second-order valence-electron chi connectivity index (χ2n) is 6.68. The van der Waals surface area contributed by atoms with E-state index in [1.807, 2.05) is 0 Å². The van der Waals surface area contributed by atoms with Crippen LogP contribution in [0.15, 0.2) is 0 Å². The van der Waals surface area contributed by atoms with Crippen LogP contribution >= 0.6 is 0 Å². The molecule has 1 atom stereocenters. The van der Waals surface area contributed by atoms with Crippen LogP contribution in [-0.2, 0) is 0 Å². The van der Waals surface area contributed by atoms with Crippen LogP contribution in [0.1, 0.15) is 70.6 Å². The number of nitrogens with one attached hydrogen (secondary N) is 1. The molecule has 3 fully saturated rings. The smallest absolute Gasteiger partial charge is 0.0238 e. The van der Waals surface area contributed by atoms with E-state index in [9.17, 15) is 0 Å². The molecule has 1 saturated heterocycles. The quantitative estimate of drug-likeness (QED) is 0.826. The van der Waals surface area contributed by atoms with E-state index in [-0.39, 0.29) is 0 Å².